The highest BCUT2D eigenvalue weighted by atomic mass is 19.1. The van der Waals surface area contributed by atoms with E-state index in [2.05, 4.69) is 18.7 Å². The summed E-state index contributed by atoms with van der Waals surface area (Å²) in [7, 11) is 0. The lowest BCUT2D eigenvalue weighted by Gasteiger charge is -2.43. The molecule has 1 atom stereocenters. The Morgan fingerprint density at radius 2 is 2.20 bits per heavy atom. The van der Waals surface area contributed by atoms with Crippen LogP contribution in [0.2, 0.25) is 0 Å². The van der Waals surface area contributed by atoms with Crippen LogP contribution in [0.4, 0.5) is 10.1 Å². The summed E-state index contributed by atoms with van der Waals surface area (Å²) >= 11 is 0. The molecule has 112 valence electrons. The van der Waals surface area contributed by atoms with Gasteiger partial charge in [0.25, 0.3) is 0 Å². The van der Waals surface area contributed by atoms with Gasteiger partial charge in [-0.25, -0.2) is 4.39 Å². The van der Waals surface area contributed by atoms with Crippen LogP contribution >= 0.6 is 0 Å². The number of morpholine rings is 1. The third kappa shape index (κ3) is 3.30. The van der Waals surface area contributed by atoms with Crippen molar-refractivity contribution in [1.82, 2.24) is 0 Å². The van der Waals surface area contributed by atoms with E-state index in [1.807, 2.05) is 19.1 Å². The van der Waals surface area contributed by atoms with Crippen LogP contribution in [0.5, 0.6) is 0 Å². The van der Waals surface area contributed by atoms with Gasteiger partial charge in [-0.2, -0.15) is 0 Å². The highest BCUT2D eigenvalue weighted by Crippen LogP contribution is 2.29. The summed E-state index contributed by atoms with van der Waals surface area (Å²) in [5.74, 6) is -0.166. The molecule has 1 saturated heterocycles. The summed E-state index contributed by atoms with van der Waals surface area (Å²) < 4.78 is 19.9. The van der Waals surface area contributed by atoms with Crippen LogP contribution in [-0.2, 0) is 11.2 Å². The Morgan fingerprint density at radius 3 is 2.80 bits per heavy atom. The molecule has 1 aromatic carbocycles. The number of nitrogens with two attached hydrogens (primary N) is 1. The number of benzene rings is 1. The van der Waals surface area contributed by atoms with Crippen LogP contribution in [0.1, 0.15) is 32.8 Å². The number of hydrogen-bond donors (Lipinski definition) is 1. The first-order valence-electron chi connectivity index (χ1n) is 7.33. The predicted molar refractivity (Wildman–Crippen MR) is 80.6 cm³/mol. The fourth-order valence-corrected chi connectivity index (χ4v) is 2.65. The second kappa shape index (κ2) is 6.10. The summed E-state index contributed by atoms with van der Waals surface area (Å²) in [6.45, 7) is 8.18. The maximum Gasteiger partial charge on any atom is 0.146 e. The molecule has 2 rings (SSSR count). The molecule has 1 aromatic rings. The number of halogens is 1. The third-order valence-corrected chi connectivity index (χ3v) is 3.97. The molecular formula is C16H25FN2O. The van der Waals surface area contributed by atoms with Gasteiger partial charge >= 0.3 is 0 Å². The minimum Gasteiger partial charge on any atom is -0.377 e. The lowest BCUT2D eigenvalue weighted by Crippen LogP contribution is -2.53. The first kappa shape index (κ1) is 15.3. The molecule has 0 aromatic heterocycles. The van der Waals surface area contributed by atoms with Crippen molar-refractivity contribution in [2.24, 2.45) is 5.73 Å². The fourth-order valence-electron chi connectivity index (χ4n) is 2.65. The van der Waals surface area contributed by atoms with Gasteiger partial charge in [0, 0.05) is 12.6 Å². The molecular weight excluding hydrogens is 255 g/mol. The first-order valence-corrected chi connectivity index (χ1v) is 7.33. The van der Waals surface area contributed by atoms with Crippen molar-refractivity contribution < 1.29 is 9.13 Å². The fraction of sp³-hybridized carbons (Fsp3) is 0.625. The van der Waals surface area contributed by atoms with Crippen molar-refractivity contribution in [2.75, 3.05) is 24.7 Å². The molecule has 0 amide bonds. The van der Waals surface area contributed by atoms with E-state index in [1.54, 1.807) is 6.07 Å². The Morgan fingerprint density at radius 1 is 1.45 bits per heavy atom. The predicted octanol–water partition coefficient (Wildman–Crippen LogP) is 2.72. The molecule has 3 nitrogen and oxygen atoms in total. The van der Waals surface area contributed by atoms with E-state index in [-0.39, 0.29) is 17.4 Å². The van der Waals surface area contributed by atoms with Gasteiger partial charge in [0.1, 0.15) is 5.82 Å². The maximum atomic E-state index is 14.4. The normalized spacial score (nSPS) is 19.9. The second-order valence-electron chi connectivity index (χ2n) is 6.17. The van der Waals surface area contributed by atoms with Crippen molar-refractivity contribution in [3.63, 3.8) is 0 Å². The van der Waals surface area contributed by atoms with E-state index >= 15 is 0 Å². The van der Waals surface area contributed by atoms with Gasteiger partial charge in [0.15, 0.2) is 0 Å². The number of ether oxygens (including phenoxy) is 1. The molecule has 0 radical (unpaired) electrons. The van der Waals surface area contributed by atoms with E-state index in [4.69, 9.17) is 10.5 Å². The van der Waals surface area contributed by atoms with Crippen LogP contribution < -0.4 is 10.6 Å². The highest BCUT2D eigenvalue weighted by Gasteiger charge is 2.32. The van der Waals surface area contributed by atoms with Crippen molar-refractivity contribution in [1.29, 1.82) is 0 Å². The van der Waals surface area contributed by atoms with Crippen molar-refractivity contribution in [3.8, 4) is 0 Å². The Labute approximate surface area is 120 Å². The molecule has 1 aliphatic heterocycles. The molecule has 0 bridgehead atoms. The van der Waals surface area contributed by atoms with E-state index < -0.39 is 0 Å². The number of rotatable bonds is 4. The zero-order chi connectivity index (χ0) is 14.8. The first-order chi connectivity index (χ1) is 9.44. The van der Waals surface area contributed by atoms with Gasteiger partial charge in [0.05, 0.1) is 24.4 Å². The van der Waals surface area contributed by atoms with Crippen LogP contribution in [0.15, 0.2) is 18.2 Å². The Balaban J connectivity index is 2.21. The maximum absolute atomic E-state index is 14.4. The number of hydrogen-bond acceptors (Lipinski definition) is 3. The van der Waals surface area contributed by atoms with E-state index in [0.717, 1.165) is 24.9 Å². The monoisotopic (exact) mass is 280 g/mol. The smallest absolute Gasteiger partial charge is 0.146 e. The molecule has 1 aliphatic rings. The van der Waals surface area contributed by atoms with E-state index in [0.29, 0.717) is 18.9 Å². The molecule has 0 saturated carbocycles. The Kier molecular flexibility index (Phi) is 4.66. The van der Waals surface area contributed by atoms with Crippen molar-refractivity contribution in [2.45, 2.75) is 45.2 Å². The molecule has 0 spiro atoms. The van der Waals surface area contributed by atoms with Crippen LogP contribution in [0, 0.1) is 5.82 Å². The van der Waals surface area contributed by atoms with Crippen LogP contribution in [0.3, 0.4) is 0 Å². The average Bonchev–Trinajstić information content (AvgIpc) is 2.39. The molecule has 20 heavy (non-hydrogen) atoms. The van der Waals surface area contributed by atoms with Gasteiger partial charge in [-0.1, -0.05) is 13.0 Å². The number of nitrogens with zero attached hydrogens (tertiary/aromatic N) is 1. The quantitative estimate of drug-likeness (QED) is 0.921. The molecule has 1 heterocycles. The molecule has 2 N–H and O–H groups in total. The van der Waals surface area contributed by atoms with Crippen molar-refractivity contribution >= 4 is 5.69 Å². The SMILES string of the molecule is CCC(N)Cc1ccc(N2CCOCC2(C)C)c(F)c1. The lowest BCUT2D eigenvalue weighted by atomic mass is 9.99. The highest BCUT2D eigenvalue weighted by molar-refractivity contribution is 5.52. The van der Waals surface area contributed by atoms with Crippen molar-refractivity contribution in [3.05, 3.63) is 29.6 Å². The number of anilines is 1. The third-order valence-electron chi connectivity index (χ3n) is 3.97. The Bertz CT molecular complexity index is 462. The standard InChI is InChI=1S/C16H25FN2O/c1-4-13(18)9-12-5-6-15(14(17)10-12)19-7-8-20-11-16(19,2)3/h5-6,10,13H,4,7-9,11,18H2,1-3H3. The van der Waals surface area contributed by atoms with E-state index in [1.165, 1.54) is 0 Å². The lowest BCUT2D eigenvalue weighted by molar-refractivity contribution is 0.0640. The van der Waals surface area contributed by atoms with Crippen LogP contribution in [0.25, 0.3) is 0 Å². The summed E-state index contributed by atoms with van der Waals surface area (Å²) in [5.41, 5.74) is 7.37. The molecule has 1 unspecified atom stereocenters. The largest absolute Gasteiger partial charge is 0.377 e. The summed E-state index contributed by atoms with van der Waals surface area (Å²) in [6, 6.07) is 5.58. The molecule has 4 heteroatoms. The summed E-state index contributed by atoms with van der Waals surface area (Å²) in [6.07, 6.45) is 1.63. The topological polar surface area (TPSA) is 38.5 Å². The van der Waals surface area contributed by atoms with E-state index in [9.17, 15) is 4.39 Å². The van der Waals surface area contributed by atoms with Gasteiger partial charge in [-0.3, -0.25) is 0 Å². The molecule has 1 fully saturated rings. The minimum atomic E-state index is -0.180. The van der Waals surface area contributed by atoms with Gasteiger partial charge in [-0.05, 0) is 44.4 Å². The van der Waals surface area contributed by atoms with Gasteiger partial charge in [-0.15, -0.1) is 0 Å². The zero-order valence-corrected chi connectivity index (χ0v) is 12.7. The molecule has 0 aliphatic carbocycles. The van der Waals surface area contributed by atoms with Gasteiger partial charge in [0.2, 0.25) is 0 Å². The second-order valence-corrected chi connectivity index (χ2v) is 6.17. The zero-order valence-electron chi connectivity index (χ0n) is 12.7. The average molecular weight is 280 g/mol. The van der Waals surface area contributed by atoms with Gasteiger partial charge < -0.3 is 15.4 Å². The summed E-state index contributed by atoms with van der Waals surface area (Å²) in [4.78, 5) is 2.09. The minimum absolute atomic E-state index is 0.0973. The summed E-state index contributed by atoms with van der Waals surface area (Å²) in [5, 5.41) is 0. The Hall–Kier alpha value is -1.13. The van der Waals surface area contributed by atoms with Crippen LogP contribution in [-0.4, -0.2) is 31.3 Å².